The Kier molecular flexibility index (Phi) is 5.27. The van der Waals surface area contributed by atoms with Crippen molar-refractivity contribution in [3.63, 3.8) is 0 Å². The standard InChI is InChI=1S/C11H13BrF3NO/c12-8-3-4-10(16-5-1-2-6-17)9(7-8)11(13,14)15/h3-4,7,16-17H,1-2,5-6H2. The maximum Gasteiger partial charge on any atom is 0.418 e. The minimum absolute atomic E-state index is 0.0497. The first kappa shape index (κ1) is 14.3. The second-order valence-electron chi connectivity index (χ2n) is 3.55. The molecule has 0 saturated heterocycles. The fourth-order valence-electron chi connectivity index (χ4n) is 1.37. The Hall–Kier alpha value is -0.750. The number of aliphatic hydroxyl groups excluding tert-OH is 1. The van der Waals surface area contributed by atoms with Gasteiger partial charge in [-0.25, -0.2) is 0 Å². The molecule has 0 bridgehead atoms. The Labute approximate surface area is 106 Å². The molecule has 17 heavy (non-hydrogen) atoms. The summed E-state index contributed by atoms with van der Waals surface area (Å²) in [6.07, 6.45) is -3.17. The molecule has 2 nitrogen and oxygen atoms in total. The first-order valence-corrected chi connectivity index (χ1v) is 5.96. The molecule has 0 atom stereocenters. The Bertz CT molecular complexity index is 368. The number of unbranched alkanes of at least 4 members (excludes halogenated alkanes) is 1. The molecule has 0 radical (unpaired) electrons. The Morgan fingerprint density at radius 1 is 1.24 bits per heavy atom. The van der Waals surface area contributed by atoms with Gasteiger partial charge in [0.05, 0.1) is 5.56 Å². The van der Waals surface area contributed by atoms with Crippen LogP contribution in [0, 0.1) is 0 Å². The molecular formula is C11H13BrF3NO. The Morgan fingerprint density at radius 3 is 2.53 bits per heavy atom. The number of halogens is 4. The van der Waals surface area contributed by atoms with E-state index in [0.717, 1.165) is 6.07 Å². The number of rotatable bonds is 5. The van der Waals surface area contributed by atoms with E-state index in [-0.39, 0.29) is 12.3 Å². The summed E-state index contributed by atoms with van der Waals surface area (Å²) in [5, 5.41) is 11.3. The van der Waals surface area contributed by atoms with Gasteiger partial charge in [0.2, 0.25) is 0 Å². The van der Waals surface area contributed by atoms with E-state index in [4.69, 9.17) is 5.11 Å². The van der Waals surface area contributed by atoms with Gasteiger partial charge in [0.1, 0.15) is 0 Å². The summed E-state index contributed by atoms with van der Waals surface area (Å²) in [5.74, 6) is 0. The van der Waals surface area contributed by atoms with Crippen LogP contribution < -0.4 is 5.32 Å². The molecule has 1 aromatic carbocycles. The zero-order chi connectivity index (χ0) is 12.9. The lowest BCUT2D eigenvalue weighted by atomic mass is 10.1. The summed E-state index contributed by atoms with van der Waals surface area (Å²) >= 11 is 3.02. The molecule has 1 rings (SSSR count). The van der Waals surface area contributed by atoms with Crippen molar-refractivity contribution in [2.75, 3.05) is 18.5 Å². The molecule has 0 unspecified atom stereocenters. The van der Waals surface area contributed by atoms with Gasteiger partial charge in [0.15, 0.2) is 0 Å². The molecule has 0 aliphatic rings. The molecule has 0 aliphatic heterocycles. The van der Waals surface area contributed by atoms with Gasteiger partial charge in [-0.2, -0.15) is 13.2 Å². The normalized spacial score (nSPS) is 11.6. The first-order valence-electron chi connectivity index (χ1n) is 5.16. The summed E-state index contributed by atoms with van der Waals surface area (Å²) in [6, 6.07) is 4.00. The smallest absolute Gasteiger partial charge is 0.396 e. The predicted octanol–water partition coefficient (Wildman–Crippen LogP) is 3.65. The predicted molar refractivity (Wildman–Crippen MR) is 64.0 cm³/mol. The van der Waals surface area contributed by atoms with Crippen molar-refractivity contribution in [3.8, 4) is 0 Å². The quantitative estimate of drug-likeness (QED) is 0.814. The lowest BCUT2D eigenvalue weighted by Gasteiger charge is -2.14. The lowest BCUT2D eigenvalue weighted by molar-refractivity contribution is -0.137. The van der Waals surface area contributed by atoms with Crippen LogP contribution in [0.5, 0.6) is 0 Å². The number of nitrogens with one attached hydrogen (secondary N) is 1. The fraction of sp³-hybridized carbons (Fsp3) is 0.455. The van der Waals surface area contributed by atoms with Gasteiger partial charge in [0, 0.05) is 23.3 Å². The Morgan fingerprint density at radius 2 is 1.94 bits per heavy atom. The van der Waals surface area contributed by atoms with Crippen molar-refractivity contribution in [3.05, 3.63) is 28.2 Å². The topological polar surface area (TPSA) is 32.3 Å². The van der Waals surface area contributed by atoms with Crippen molar-refractivity contribution in [1.82, 2.24) is 0 Å². The maximum atomic E-state index is 12.7. The van der Waals surface area contributed by atoms with Crippen molar-refractivity contribution in [2.24, 2.45) is 0 Å². The summed E-state index contributed by atoms with van der Waals surface area (Å²) in [6.45, 7) is 0.458. The number of hydrogen-bond donors (Lipinski definition) is 2. The number of aliphatic hydroxyl groups is 1. The minimum Gasteiger partial charge on any atom is -0.396 e. The summed E-state index contributed by atoms with van der Waals surface area (Å²) in [7, 11) is 0. The third-order valence-corrected chi connectivity index (χ3v) is 2.68. The fourth-order valence-corrected chi connectivity index (χ4v) is 1.73. The largest absolute Gasteiger partial charge is 0.418 e. The average Bonchev–Trinajstić information content (AvgIpc) is 2.25. The molecule has 0 amide bonds. The van der Waals surface area contributed by atoms with Gasteiger partial charge in [-0.05, 0) is 31.0 Å². The van der Waals surface area contributed by atoms with Crippen LogP contribution in [-0.4, -0.2) is 18.3 Å². The van der Waals surface area contributed by atoms with Crippen molar-refractivity contribution in [1.29, 1.82) is 0 Å². The molecule has 96 valence electrons. The molecule has 0 heterocycles. The van der Waals surface area contributed by atoms with Crippen molar-refractivity contribution in [2.45, 2.75) is 19.0 Å². The van der Waals surface area contributed by atoms with Gasteiger partial charge in [-0.1, -0.05) is 15.9 Å². The van der Waals surface area contributed by atoms with E-state index in [1.165, 1.54) is 6.07 Å². The van der Waals surface area contributed by atoms with Gasteiger partial charge >= 0.3 is 6.18 Å². The molecule has 1 aromatic rings. The van der Waals surface area contributed by atoms with Crippen LogP contribution >= 0.6 is 15.9 Å². The molecule has 0 aliphatic carbocycles. The minimum atomic E-state index is -4.37. The highest BCUT2D eigenvalue weighted by Crippen LogP contribution is 2.36. The third-order valence-electron chi connectivity index (χ3n) is 2.19. The molecule has 6 heteroatoms. The molecule has 0 saturated carbocycles. The summed E-state index contributed by atoms with van der Waals surface area (Å²) < 4.78 is 38.5. The van der Waals surface area contributed by atoms with Crippen LogP contribution in [-0.2, 0) is 6.18 Å². The van der Waals surface area contributed by atoms with E-state index in [2.05, 4.69) is 21.2 Å². The highest BCUT2D eigenvalue weighted by molar-refractivity contribution is 9.10. The monoisotopic (exact) mass is 311 g/mol. The third kappa shape index (κ3) is 4.55. The second-order valence-corrected chi connectivity index (χ2v) is 4.46. The van der Waals surface area contributed by atoms with Crippen molar-refractivity contribution < 1.29 is 18.3 Å². The van der Waals surface area contributed by atoms with E-state index in [9.17, 15) is 13.2 Å². The molecule has 0 aromatic heterocycles. The summed E-state index contributed by atoms with van der Waals surface area (Å²) in [5.41, 5.74) is -0.616. The van der Waals surface area contributed by atoms with Crippen molar-refractivity contribution >= 4 is 21.6 Å². The van der Waals surface area contributed by atoms with Crippen LogP contribution in [0.15, 0.2) is 22.7 Å². The van der Waals surface area contributed by atoms with Gasteiger partial charge in [0.25, 0.3) is 0 Å². The number of hydrogen-bond acceptors (Lipinski definition) is 2. The van der Waals surface area contributed by atoms with Gasteiger partial charge < -0.3 is 10.4 Å². The SMILES string of the molecule is OCCCCNc1ccc(Br)cc1C(F)(F)F. The van der Waals surface area contributed by atoms with Gasteiger partial charge in [-0.3, -0.25) is 0 Å². The van der Waals surface area contributed by atoms with E-state index in [0.29, 0.717) is 23.9 Å². The van der Waals surface area contributed by atoms with Gasteiger partial charge in [-0.15, -0.1) is 0 Å². The van der Waals surface area contributed by atoms with Crippen LogP contribution in [0.4, 0.5) is 18.9 Å². The van der Waals surface area contributed by atoms with E-state index >= 15 is 0 Å². The van der Waals surface area contributed by atoms with Crippen LogP contribution in [0.1, 0.15) is 18.4 Å². The maximum absolute atomic E-state index is 12.7. The van der Waals surface area contributed by atoms with Crippen LogP contribution in [0.3, 0.4) is 0 Å². The van der Waals surface area contributed by atoms with E-state index in [1.54, 1.807) is 6.07 Å². The van der Waals surface area contributed by atoms with E-state index in [1.807, 2.05) is 0 Å². The summed E-state index contributed by atoms with van der Waals surface area (Å²) in [4.78, 5) is 0. The second kappa shape index (κ2) is 6.26. The highest BCUT2D eigenvalue weighted by Gasteiger charge is 2.33. The lowest BCUT2D eigenvalue weighted by Crippen LogP contribution is -2.11. The zero-order valence-electron chi connectivity index (χ0n) is 9.02. The molecule has 0 fully saturated rings. The number of alkyl halides is 3. The Balaban J connectivity index is 2.77. The molecule has 0 spiro atoms. The van der Waals surface area contributed by atoms with E-state index < -0.39 is 11.7 Å². The zero-order valence-corrected chi connectivity index (χ0v) is 10.6. The number of anilines is 1. The number of benzene rings is 1. The molecular weight excluding hydrogens is 299 g/mol. The highest BCUT2D eigenvalue weighted by atomic mass is 79.9. The molecule has 2 N–H and O–H groups in total. The first-order chi connectivity index (χ1) is 7.95. The van der Waals surface area contributed by atoms with Crippen LogP contribution in [0.25, 0.3) is 0 Å². The average molecular weight is 312 g/mol. The van der Waals surface area contributed by atoms with Crippen LogP contribution in [0.2, 0.25) is 0 Å².